The summed E-state index contributed by atoms with van der Waals surface area (Å²) >= 11 is 1.31. The van der Waals surface area contributed by atoms with Crippen LogP contribution >= 0.6 is 11.8 Å². The molecule has 2 aromatic rings. The summed E-state index contributed by atoms with van der Waals surface area (Å²) in [6.45, 7) is 1.79. The molecule has 0 saturated heterocycles. The van der Waals surface area contributed by atoms with Crippen molar-refractivity contribution in [2.24, 2.45) is 0 Å². The van der Waals surface area contributed by atoms with Crippen LogP contribution in [0, 0.1) is 5.82 Å². The molecule has 0 unspecified atom stereocenters. The number of carbonyl (C=O) groups excluding carboxylic acids is 1. The van der Waals surface area contributed by atoms with Crippen molar-refractivity contribution in [1.82, 2.24) is 0 Å². The Balaban J connectivity index is 1.98. The molecule has 0 saturated carbocycles. The summed E-state index contributed by atoms with van der Waals surface area (Å²) in [6.07, 6.45) is 0. The first-order chi connectivity index (χ1) is 9.66. The summed E-state index contributed by atoms with van der Waals surface area (Å²) in [5, 5.41) is 2.99. The predicted molar refractivity (Wildman–Crippen MR) is 79.4 cm³/mol. The minimum Gasteiger partial charge on any atom is -0.355 e. The summed E-state index contributed by atoms with van der Waals surface area (Å²) in [4.78, 5) is 13.8. The quantitative estimate of drug-likeness (QED) is 0.826. The molecule has 0 aliphatic carbocycles. The zero-order chi connectivity index (χ0) is 14.1. The third-order valence-corrected chi connectivity index (χ3v) is 4.34. The number of nitrogens with one attached hydrogen (secondary N) is 1. The summed E-state index contributed by atoms with van der Waals surface area (Å²) in [5.41, 5.74) is 1.76. The van der Waals surface area contributed by atoms with Gasteiger partial charge in [-0.15, -0.1) is 0 Å². The zero-order valence-electron chi connectivity index (χ0n) is 10.8. The van der Waals surface area contributed by atoms with Crippen LogP contribution < -0.4 is 5.32 Å². The van der Waals surface area contributed by atoms with Crippen LogP contribution in [0.3, 0.4) is 0 Å². The van der Waals surface area contributed by atoms with Crippen LogP contribution in [0.5, 0.6) is 0 Å². The van der Waals surface area contributed by atoms with E-state index >= 15 is 0 Å². The topological polar surface area (TPSA) is 29.1 Å². The van der Waals surface area contributed by atoms with Crippen molar-refractivity contribution < 1.29 is 9.18 Å². The minimum atomic E-state index is -0.305. The highest BCUT2D eigenvalue weighted by atomic mass is 32.2. The Labute approximate surface area is 120 Å². The van der Waals surface area contributed by atoms with E-state index in [-0.39, 0.29) is 11.6 Å². The molecule has 0 aromatic heterocycles. The van der Waals surface area contributed by atoms with Gasteiger partial charge in [0.25, 0.3) is 0 Å². The van der Waals surface area contributed by atoms with Crippen LogP contribution in [-0.2, 0) is 0 Å². The van der Waals surface area contributed by atoms with Crippen LogP contribution in [0.25, 0.3) is 0 Å². The summed E-state index contributed by atoms with van der Waals surface area (Å²) in [6, 6.07) is 14.0. The van der Waals surface area contributed by atoms with Gasteiger partial charge in [-0.2, -0.15) is 0 Å². The number of anilines is 1. The molecular weight excluding hydrogens is 273 g/mol. The van der Waals surface area contributed by atoms with Crippen LogP contribution in [0.4, 0.5) is 10.1 Å². The van der Waals surface area contributed by atoms with Gasteiger partial charge in [0.05, 0.1) is 10.6 Å². The third-order valence-electron chi connectivity index (χ3n) is 3.08. The lowest BCUT2D eigenvalue weighted by atomic mass is 10.1. The first-order valence-corrected chi connectivity index (χ1v) is 7.02. The van der Waals surface area contributed by atoms with Crippen molar-refractivity contribution in [3.63, 3.8) is 0 Å². The molecule has 0 bridgehead atoms. The van der Waals surface area contributed by atoms with Crippen molar-refractivity contribution in [2.75, 3.05) is 5.32 Å². The number of hydrogen-bond donors (Lipinski definition) is 1. The van der Waals surface area contributed by atoms with Crippen LogP contribution in [-0.4, -0.2) is 5.78 Å². The lowest BCUT2D eigenvalue weighted by Gasteiger charge is -2.21. The van der Waals surface area contributed by atoms with E-state index in [0.29, 0.717) is 21.9 Å². The third kappa shape index (κ3) is 2.23. The van der Waals surface area contributed by atoms with Gasteiger partial charge in [-0.1, -0.05) is 48.2 Å². The normalized spacial score (nSPS) is 13.7. The fourth-order valence-corrected chi connectivity index (χ4v) is 3.11. The highest BCUT2D eigenvalue weighted by molar-refractivity contribution is 8.04. The van der Waals surface area contributed by atoms with Crippen molar-refractivity contribution in [1.29, 1.82) is 0 Å². The Bertz CT molecular complexity index is 710. The van der Waals surface area contributed by atoms with Gasteiger partial charge in [-0.05, 0) is 19.1 Å². The molecular formula is C16H12FNOS. The van der Waals surface area contributed by atoms with E-state index in [0.717, 1.165) is 4.90 Å². The average molecular weight is 285 g/mol. The lowest BCUT2D eigenvalue weighted by molar-refractivity contribution is 0.104. The van der Waals surface area contributed by atoms with Crippen LogP contribution in [0.15, 0.2) is 64.0 Å². The van der Waals surface area contributed by atoms with E-state index in [4.69, 9.17) is 0 Å². The SMILES string of the molecule is CC1=C(C(=O)c2ccccc2)Sc2cccc(F)c2N1. The molecule has 1 aliphatic rings. The first-order valence-electron chi connectivity index (χ1n) is 6.21. The maximum Gasteiger partial charge on any atom is 0.201 e. The Morgan fingerprint density at radius 1 is 1.10 bits per heavy atom. The lowest BCUT2D eigenvalue weighted by Crippen LogP contribution is -2.13. The summed E-state index contributed by atoms with van der Waals surface area (Å²) in [5.74, 6) is -0.351. The maximum atomic E-state index is 13.7. The molecule has 4 heteroatoms. The number of benzene rings is 2. The van der Waals surface area contributed by atoms with Gasteiger partial charge in [-0.3, -0.25) is 4.79 Å². The predicted octanol–water partition coefficient (Wildman–Crippen LogP) is 4.46. The number of Topliss-reactive ketones (excluding diaryl/α,β-unsaturated/α-hetero) is 1. The van der Waals surface area contributed by atoms with Crippen molar-refractivity contribution in [3.8, 4) is 0 Å². The van der Waals surface area contributed by atoms with Gasteiger partial charge in [0, 0.05) is 16.2 Å². The Hall–Kier alpha value is -2.07. The highest BCUT2D eigenvalue weighted by Gasteiger charge is 2.24. The monoisotopic (exact) mass is 285 g/mol. The second-order valence-corrected chi connectivity index (χ2v) is 5.54. The van der Waals surface area contributed by atoms with E-state index in [1.165, 1.54) is 17.8 Å². The molecule has 0 fully saturated rings. The van der Waals surface area contributed by atoms with E-state index in [1.807, 2.05) is 18.2 Å². The zero-order valence-corrected chi connectivity index (χ0v) is 11.6. The largest absolute Gasteiger partial charge is 0.355 e. The Morgan fingerprint density at radius 2 is 1.85 bits per heavy atom. The average Bonchev–Trinajstić information content (AvgIpc) is 2.48. The van der Waals surface area contributed by atoms with Gasteiger partial charge in [0.2, 0.25) is 5.78 Å². The fraction of sp³-hybridized carbons (Fsp3) is 0.0625. The molecule has 0 atom stereocenters. The van der Waals surface area contributed by atoms with E-state index in [1.54, 1.807) is 31.2 Å². The smallest absolute Gasteiger partial charge is 0.201 e. The van der Waals surface area contributed by atoms with E-state index in [9.17, 15) is 9.18 Å². The number of fused-ring (bicyclic) bond motifs is 1. The maximum absolute atomic E-state index is 13.7. The van der Waals surface area contributed by atoms with Gasteiger partial charge in [-0.25, -0.2) is 4.39 Å². The van der Waals surface area contributed by atoms with E-state index in [2.05, 4.69) is 5.32 Å². The minimum absolute atomic E-state index is 0.0458. The summed E-state index contributed by atoms with van der Waals surface area (Å²) in [7, 11) is 0. The number of halogens is 1. The molecule has 1 aliphatic heterocycles. The van der Waals surface area contributed by atoms with Crippen LogP contribution in [0.1, 0.15) is 17.3 Å². The number of ketones is 1. The van der Waals surface area contributed by atoms with Gasteiger partial charge < -0.3 is 5.32 Å². The molecule has 1 N–H and O–H groups in total. The van der Waals surface area contributed by atoms with Gasteiger partial charge in [0.1, 0.15) is 5.82 Å². The van der Waals surface area contributed by atoms with Crippen LogP contribution in [0.2, 0.25) is 0 Å². The molecule has 0 radical (unpaired) electrons. The molecule has 0 amide bonds. The van der Waals surface area contributed by atoms with Gasteiger partial charge >= 0.3 is 0 Å². The fourth-order valence-electron chi connectivity index (χ4n) is 2.08. The molecule has 1 heterocycles. The highest BCUT2D eigenvalue weighted by Crippen LogP contribution is 2.41. The second-order valence-electron chi connectivity index (χ2n) is 4.49. The van der Waals surface area contributed by atoms with Gasteiger partial charge in [0.15, 0.2) is 0 Å². The number of allylic oxidation sites excluding steroid dienone is 2. The van der Waals surface area contributed by atoms with Crippen molar-refractivity contribution in [2.45, 2.75) is 11.8 Å². The second kappa shape index (κ2) is 5.13. The molecule has 2 aromatic carbocycles. The molecule has 3 rings (SSSR count). The standard InChI is InChI=1S/C16H12FNOS/c1-10-16(15(19)11-6-3-2-4-7-11)20-13-9-5-8-12(17)14(13)18-10/h2-9,18H,1H3. The molecule has 20 heavy (non-hydrogen) atoms. The van der Waals surface area contributed by atoms with Crippen molar-refractivity contribution in [3.05, 3.63) is 70.5 Å². The van der Waals surface area contributed by atoms with E-state index < -0.39 is 0 Å². The Kier molecular flexibility index (Phi) is 3.32. The van der Waals surface area contributed by atoms with Crippen molar-refractivity contribution >= 4 is 23.2 Å². The number of para-hydroxylation sites is 1. The number of rotatable bonds is 2. The number of carbonyl (C=O) groups is 1. The first kappa shape index (κ1) is 12.9. The molecule has 0 spiro atoms. The molecule has 100 valence electrons. The number of thioether (sulfide) groups is 1. The Morgan fingerprint density at radius 3 is 2.60 bits per heavy atom. The molecule has 2 nitrogen and oxygen atoms in total. The summed E-state index contributed by atoms with van der Waals surface area (Å²) < 4.78 is 13.7. The number of hydrogen-bond acceptors (Lipinski definition) is 3.